The fraction of sp³-hybridized carbons (Fsp3) is 0.231. The SMILES string of the molecule is CN1C(=O)c2c(c3c4ccccc4[nH]c3c3[nH]c4ccccc4c23)C1=O.OC1CCCC1O. The minimum Gasteiger partial charge on any atom is -0.390 e. The van der Waals surface area contributed by atoms with Crippen LogP contribution < -0.4 is 0 Å². The van der Waals surface area contributed by atoms with Crippen molar-refractivity contribution in [2.75, 3.05) is 7.05 Å². The van der Waals surface area contributed by atoms with Crippen LogP contribution in [0, 0.1) is 0 Å². The number of aromatic nitrogens is 2. The van der Waals surface area contributed by atoms with Crippen LogP contribution in [0.25, 0.3) is 43.6 Å². The zero-order valence-corrected chi connectivity index (χ0v) is 18.1. The summed E-state index contributed by atoms with van der Waals surface area (Å²) in [5, 5.41) is 21.0. The van der Waals surface area contributed by atoms with E-state index in [2.05, 4.69) is 9.97 Å². The van der Waals surface area contributed by atoms with Crippen LogP contribution in [0.4, 0.5) is 0 Å². The Kier molecular flexibility index (Phi) is 4.33. The molecule has 3 heterocycles. The highest BCUT2D eigenvalue weighted by atomic mass is 16.3. The molecular formula is C26H23N3O4. The lowest BCUT2D eigenvalue weighted by atomic mass is 9.97. The highest BCUT2D eigenvalue weighted by molar-refractivity contribution is 6.38. The molecule has 2 atom stereocenters. The van der Waals surface area contributed by atoms with E-state index < -0.39 is 12.2 Å². The number of amides is 2. The lowest BCUT2D eigenvalue weighted by molar-refractivity contribution is 0.0438. The molecule has 2 aromatic heterocycles. The van der Waals surface area contributed by atoms with Gasteiger partial charge in [0.1, 0.15) is 0 Å². The topological polar surface area (TPSA) is 109 Å². The molecule has 7 nitrogen and oxygen atoms in total. The predicted octanol–water partition coefficient (Wildman–Crippen LogP) is 4.07. The van der Waals surface area contributed by atoms with Gasteiger partial charge in [-0.15, -0.1) is 0 Å². The third-order valence-corrected chi connectivity index (χ3v) is 6.89. The third-order valence-electron chi connectivity index (χ3n) is 6.89. The number of aliphatic hydroxyl groups is 2. The Morgan fingerprint density at radius 1 is 0.758 bits per heavy atom. The number of H-pyrrole nitrogens is 2. The summed E-state index contributed by atoms with van der Waals surface area (Å²) in [6.45, 7) is 0. The van der Waals surface area contributed by atoms with Crippen molar-refractivity contribution in [3.63, 3.8) is 0 Å². The van der Waals surface area contributed by atoms with Crippen LogP contribution in [-0.2, 0) is 0 Å². The maximum atomic E-state index is 12.9. The standard InChI is InChI=1S/C21H13N3O2.C5H10O2/c1-24-20(25)16-14-10-6-2-4-8-12(10)22-18(14)19-15(17(16)21(24)26)11-7-3-5-9-13(11)23-19;6-4-2-1-3-5(4)7/h2-9,22-23H,1H3;4-7H,1-3H2. The van der Waals surface area contributed by atoms with Crippen molar-refractivity contribution in [3.8, 4) is 0 Å². The fourth-order valence-corrected chi connectivity index (χ4v) is 5.20. The first-order valence-corrected chi connectivity index (χ1v) is 11.1. The van der Waals surface area contributed by atoms with Gasteiger partial charge >= 0.3 is 0 Å². The van der Waals surface area contributed by atoms with Crippen LogP contribution in [0.3, 0.4) is 0 Å². The Morgan fingerprint density at radius 2 is 1.18 bits per heavy atom. The van der Waals surface area contributed by atoms with Gasteiger partial charge in [-0.05, 0) is 31.4 Å². The number of nitrogens with one attached hydrogen (secondary N) is 2. The average molecular weight is 441 g/mol. The van der Waals surface area contributed by atoms with Gasteiger partial charge in [-0.3, -0.25) is 14.5 Å². The van der Waals surface area contributed by atoms with Crippen LogP contribution in [0.2, 0.25) is 0 Å². The van der Waals surface area contributed by atoms with Gasteiger partial charge in [0.2, 0.25) is 0 Å². The maximum Gasteiger partial charge on any atom is 0.262 e. The minimum absolute atomic E-state index is 0.244. The van der Waals surface area contributed by atoms with Crippen LogP contribution >= 0.6 is 0 Å². The number of carbonyl (C=O) groups excluding carboxylic acids is 2. The maximum absolute atomic E-state index is 12.9. The van der Waals surface area contributed by atoms with Crippen LogP contribution in [0.15, 0.2) is 48.5 Å². The first kappa shape index (κ1) is 20.0. The summed E-state index contributed by atoms with van der Waals surface area (Å²) in [6, 6.07) is 15.8. The molecular weight excluding hydrogens is 418 g/mol. The molecule has 1 fully saturated rings. The van der Waals surface area contributed by atoms with E-state index in [0.29, 0.717) is 11.1 Å². The molecule has 2 amide bonds. The molecule has 3 aromatic carbocycles. The van der Waals surface area contributed by atoms with Crippen molar-refractivity contribution in [2.45, 2.75) is 31.5 Å². The molecule has 2 aliphatic rings. The number of imide groups is 1. The summed E-state index contributed by atoms with van der Waals surface area (Å²) >= 11 is 0. The van der Waals surface area contributed by atoms with E-state index in [0.717, 1.165) is 62.9 Å². The molecule has 5 aromatic rings. The number of benzene rings is 3. The van der Waals surface area contributed by atoms with Crippen LogP contribution in [0.1, 0.15) is 40.0 Å². The van der Waals surface area contributed by atoms with Gasteiger partial charge in [0.05, 0.1) is 34.4 Å². The zero-order chi connectivity index (χ0) is 22.9. The second kappa shape index (κ2) is 7.16. The van der Waals surface area contributed by atoms with Gasteiger partial charge in [-0.2, -0.15) is 0 Å². The molecule has 1 aliphatic heterocycles. The van der Waals surface area contributed by atoms with Gasteiger partial charge in [-0.25, -0.2) is 0 Å². The monoisotopic (exact) mass is 441 g/mol. The number of aromatic amines is 2. The molecule has 0 saturated heterocycles. The zero-order valence-electron chi connectivity index (χ0n) is 18.1. The number of hydrogen-bond donors (Lipinski definition) is 4. The molecule has 0 spiro atoms. The summed E-state index contributed by atoms with van der Waals surface area (Å²) in [6.07, 6.45) is 1.67. The Morgan fingerprint density at radius 3 is 1.58 bits per heavy atom. The molecule has 4 N–H and O–H groups in total. The first-order valence-electron chi connectivity index (χ1n) is 11.1. The van der Waals surface area contributed by atoms with Gasteiger partial charge in [0.15, 0.2) is 0 Å². The number of para-hydroxylation sites is 2. The number of nitrogens with zero attached hydrogens (tertiary/aromatic N) is 1. The van der Waals surface area contributed by atoms with E-state index in [-0.39, 0.29) is 11.8 Å². The molecule has 2 unspecified atom stereocenters. The molecule has 0 radical (unpaired) electrons. The molecule has 7 heteroatoms. The molecule has 1 aliphatic carbocycles. The quantitative estimate of drug-likeness (QED) is 0.272. The molecule has 1 saturated carbocycles. The lowest BCUT2D eigenvalue weighted by Gasteiger charge is -2.03. The van der Waals surface area contributed by atoms with Crippen molar-refractivity contribution >= 4 is 55.4 Å². The highest BCUT2D eigenvalue weighted by Gasteiger charge is 2.38. The Labute approximate surface area is 188 Å². The molecule has 33 heavy (non-hydrogen) atoms. The lowest BCUT2D eigenvalue weighted by Crippen LogP contribution is -2.24. The summed E-state index contributed by atoms with van der Waals surface area (Å²) in [7, 11) is 1.55. The van der Waals surface area contributed by atoms with Gasteiger partial charge in [0, 0.05) is 39.6 Å². The largest absolute Gasteiger partial charge is 0.390 e. The summed E-state index contributed by atoms with van der Waals surface area (Å²) in [5.74, 6) is -0.487. The number of carbonyl (C=O) groups is 2. The molecule has 166 valence electrons. The van der Waals surface area contributed by atoms with Crippen LogP contribution in [0.5, 0.6) is 0 Å². The van der Waals surface area contributed by atoms with Crippen molar-refractivity contribution in [3.05, 3.63) is 59.7 Å². The number of hydrogen-bond acceptors (Lipinski definition) is 4. The second-order valence-corrected chi connectivity index (χ2v) is 8.83. The van der Waals surface area contributed by atoms with Gasteiger partial charge < -0.3 is 20.2 Å². The van der Waals surface area contributed by atoms with Gasteiger partial charge in [0.25, 0.3) is 11.8 Å². The van der Waals surface area contributed by atoms with E-state index in [9.17, 15) is 9.59 Å². The van der Waals surface area contributed by atoms with Crippen molar-refractivity contribution < 1.29 is 19.8 Å². The predicted molar refractivity (Wildman–Crippen MR) is 127 cm³/mol. The highest BCUT2D eigenvalue weighted by Crippen LogP contribution is 2.43. The van der Waals surface area contributed by atoms with Crippen molar-refractivity contribution in [2.24, 2.45) is 0 Å². The smallest absolute Gasteiger partial charge is 0.262 e. The normalized spacial score (nSPS) is 20.3. The minimum atomic E-state index is -0.431. The number of fused-ring (bicyclic) bond motifs is 10. The van der Waals surface area contributed by atoms with Gasteiger partial charge in [-0.1, -0.05) is 36.4 Å². The van der Waals surface area contributed by atoms with Crippen molar-refractivity contribution in [1.29, 1.82) is 0 Å². The Bertz CT molecular complexity index is 1480. The van der Waals surface area contributed by atoms with Crippen LogP contribution in [-0.4, -0.2) is 56.2 Å². The second-order valence-electron chi connectivity index (χ2n) is 8.83. The number of aliphatic hydroxyl groups excluding tert-OH is 2. The fourth-order valence-electron chi connectivity index (χ4n) is 5.20. The van der Waals surface area contributed by atoms with E-state index in [1.807, 2.05) is 48.5 Å². The van der Waals surface area contributed by atoms with E-state index in [1.54, 1.807) is 7.05 Å². The number of rotatable bonds is 0. The Balaban J connectivity index is 0.000000255. The first-order chi connectivity index (χ1) is 16.0. The molecule has 0 bridgehead atoms. The van der Waals surface area contributed by atoms with E-state index >= 15 is 0 Å². The summed E-state index contributed by atoms with van der Waals surface area (Å²) in [5.41, 5.74) is 4.64. The third kappa shape index (κ3) is 2.76. The summed E-state index contributed by atoms with van der Waals surface area (Å²) in [4.78, 5) is 34.0. The molecule has 7 rings (SSSR count). The van der Waals surface area contributed by atoms with E-state index in [4.69, 9.17) is 10.2 Å². The Hall–Kier alpha value is -3.68. The average Bonchev–Trinajstić information content (AvgIpc) is 3.55. The van der Waals surface area contributed by atoms with E-state index in [1.165, 1.54) is 4.90 Å². The summed E-state index contributed by atoms with van der Waals surface area (Å²) < 4.78 is 0. The van der Waals surface area contributed by atoms with Crippen molar-refractivity contribution in [1.82, 2.24) is 14.9 Å².